The number of benzene rings is 2. The van der Waals surface area contributed by atoms with Crippen molar-refractivity contribution < 1.29 is 22.1 Å². The van der Waals surface area contributed by atoms with Gasteiger partial charge in [0.25, 0.3) is 15.7 Å². The monoisotopic (exact) mass is 328 g/mol. The number of rotatable bonds is 4. The quantitative estimate of drug-likeness (QED) is 0.690. The second kappa shape index (κ2) is 5.68. The number of nitrogens with one attached hydrogen (secondary N) is 1. The zero-order valence-electron chi connectivity index (χ0n) is 11.2. The molecule has 0 unspecified atom stereocenters. The summed E-state index contributed by atoms with van der Waals surface area (Å²) in [5, 5.41) is 10.8. The zero-order chi connectivity index (χ0) is 16.5. The van der Waals surface area contributed by atoms with Crippen LogP contribution in [-0.2, 0) is 10.0 Å². The summed E-state index contributed by atoms with van der Waals surface area (Å²) >= 11 is 0. The van der Waals surface area contributed by atoms with Crippen LogP contribution in [0.3, 0.4) is 0 Å². The van der Waals surface area contributed by atoms with Crippen molar-refractivity contribution in [2.24, 2.45) is 0 Å². The molecule has 0 saturated heterocycles. The summed E-state index contributed by atoms with van der Waals surface area (Å²) in [6.45, 7) is 1.50. The van der Waals surface area contributed by atoms with Gasteiger partial charge in [-0.2, -0.15) is 0 Å². The molecule has 0 saturated carbocycles. The van der Waals surface area contributed by atoms with Crippen molar-refractivity contribution in [3.63, 3.8) is 0 Å². The average molecular weight is 328 g/mol. The van der Waals surface area contributed by atoms with Gasteiger partial charge >= 0.3 is 0 Å². The third kappa shape index (κ3) is 3.19. The molecule has 2 aromatic carbocycles. The Balaban J connectivity index is 2.41. The molecule has 1 N–H and O–H groups in total. The summed E-state index contributed by atoms with van der Waals surface area (Å²) in [6.07, 6.45) is 0. The van der Waals surface area contributed by atoms with Gasteiger partial charge < -0.3 is 0 Å². The van der Waals surface area contributed by atoms with Crippen LogP contribution in [0.15, 0.2) is 41.3 Å². The molecular weight excluding hydrogens is 318 g/mol. The van der Waals surface area contributed by atoms with Gasteiger partial charge in [-0.1, -0.05) is 6.07 Å². The van der Waals surface area contributed by atoms with E-state index in [2.05, 4.69) is 0 Å². The van der Waals surface area contributed by atoms with Gasteiger partial charge in [0.1, 0.15) is 16.5 Å². The molecule has 0 radical (unpaired) electrons. The first-order chi connectivity index (χ1) is 10.2. The minimum absolute atomic E-state index is 0.0963. The molecule has 2 aromatic rings. The number of hydrogen-bond donors (Lipinski definition) is 1. The predicted molar refractivity (Wildman–Crippen MR) is 75.0 cm³/mol. The summed E-state index contributed by atoms with van der Waals surface area (Å²) in [5.41, 5.74) is -0.0262. The number of nitrogens with zero attached hydrogens (tertiary/aromatic N) is 1. The Morgan fingerprint density at radius 2 is 1.82 bits per heavy atom. The minimum Gasteiger partial charge on any atom is -0.279 e. The average Bonchev–Trinajstić information content (AvgIpc) is 2.39. The molecule has 0 aromatic heterocycles. The Hall–Kier alpha value is -2.55. The Bertz CT molecular complexity index is 853. The van der Waals surface area contributed by atoms with E-state index in [9.17, 15) is 27.3 Å². The summed E-state index contributed by atoms with van der Waals surface area (Å²) < 4.78 is 52.5. The highest BCUT2D eigenvalue weighted by Crippen LogP contribution is 2.25. The first-order valence-corrected chi connectivity index (χ1v) is 7.42. The van der Waals surface area contributed by atoms with E-state index in [-0.39, 0.29) is 11.4 Å². The molecule has 9 heteroatoms. The standard InChI is InChI=1S/C13H10F2N2O4S/c1-8-2-4-10(7-12(8)17(18)19)16-22(20,21)13-5-3-9(14)6-11(13)15/h2-7,16H,1H3. The molecule has 0 amide bonds. The lowest BCUT2D eigenvalue weighted by molar-refractivity contribution is -0.385. The Labute approximate surface area is 124 Å². The Morgan fingerprint density at radius 1 is 1.14 bits per heavy atom. The molecule has 0 aliphatic rings. The Morgan fingerprint density at radius 3 is 2.41 bits per heavy atom. The van der Waals surface area contributed by atoms with Crippen LogP contribution in [0.1, 0.15) is 5.56 Å². The fraction of sp³-hybridized carbons (Fsp3) is 0.0769. The van der Waals surface area contributed by atoms with Crippen LogP contribution in [0.25, 0.3) is 0 Å². The number of halogens is 2. The van der Waals surface area contributed by atoms with Crippen molar-refractivity contribution >= 4 is 21.4 Å². The van der Waals surface area contributed by atoms with Gasteiger partial charge in [-0.25, -0.2) is 17.2 Å². The molecule has 0 fully saturated rings. The van der Waals surface area contributed by atoms with Gasteiger partial charge in [-0.05, 0) is 25.1 Å². The van der Waals surface area contributed by atoms with E-state index in [4.69, 9.17) is 0 Å². The number of sulfonamides is 1. The van der Waals surface area contributed by atoms with E-state index in [0.29, 0.717) is 11.6 Å². The molecule has 0 atom stereocenters. The maximum atomic E-state index is 13.6. The first kappa shape index (κ1) is 15.8. The second-order valence-electron chi connectivity index (χ2n) is 4.44. The lowest BCUT2D eigenvalue weighted by Gasteiger charge is -2.09. The van der Waals surface area contributed by atoms with Gasteiger partial charge in [0, 0.05) is 17.7 Å². The fourth-order valence-electron chi connectivity index (χ4n) is 1.77. The summed E-state index contributed by atoms with van der Waals surface area (Å²) in [5.74, 6) is -2.17. The van der Waals surface area contributed by atoms with Gasteiger partial charge in [-0.15, -0.1) is 0 Å². The van der Waals surface area contributed by atoms with Gasteiger partial charge in [-0.3, -0.25) is 14.8 Å². The van der Waals surface area contributed by atoms with E-state index in [0.717, 1.165) is 18.2 Å². The smallest absolute Gasteiger partial charge is 0.274 e. The summed E-state index contributed by atoms with van der Waals surface area (Å²) in [7, 11) is -4.33. The number of hydrogen-bond acceptors (Lipinski definition) is 4. The van der Waals surface area contributed by atoms with Crippen molar-refractivity contribution in [1.29, 1.82) is 0 Å². The van der Waals surface area contributed by atoms with Gasteiger partial charge in [0.05, 0.1) is 10.6 Å². The van der Waals surface area contributed by atoms with Crippen molar-refractivity contribution in [2.75, 3.05) is 4.72 Å². The molecule has 0 heterocycles. The highest BCUT2D eigenvalue weighted by Gasteiger charge is 2.21. The van der Waals surface area contributed by atoms with Crippen molar-refractivity contribution in [1.82, 2.24) is 0 Å². The van der Waals surface area contributed by atoms with E-state index in [1.54, 1.807) is 0 Å². The normalized spacial score (nSPS) is 11.2. The van der Waals surface area contributed by atoms with Gasteiger partial charge in [0.2, 0.25) is 0 Å². The molecule has 2 rings (SSSR count). The number of aryl methyl sites for hydroxylation is 1. The van der Waals surface area contributed by atoms with Crippen LogP contribution >= 0.6 is 0 Å². The lowest BCUT2D eigenvalue weighted by atomic mass is 10.2. The maximum absolute atomic E-state index is 13.6. The van der Waals surface area contributed by atoms with E-state index < -0.39 is 31.5 Å². The van der Waals surface area contributed by atoms with Crippen LogP contribution in [-0.4, -0.2) is 13.3 Å². The third-order valence-corrected chi connectivity index (χ3v) is 4.26. The van der Waals surface area contributed by atoms with Crippen LogP contribution in [0.5, 0.6) is 0 Å². The van der Waals surface area contributed by atoms with Crippen LogP contribution < -0.4 is 4.72 Å². The van der Waals surface area contributed by atoms with E-state index in [1.165, 1.54) is 19.1 Å². The van der Waals surface area contributed by atoms with Crippen LogP contribution in [0, 0.1) is 28.7 Å². The lowest BCUT2D eigenvalue weighted by Crippen LogP contribution is -2.15. The second-order valence-corrected chi connectivity index (χ2v) is 6.09. The first-order valence-electron chi connectivity index (χ1n) is 5.93. The largest absolute Gasteiger partial charge is 0.279 e. The molecule has 0 bridgehead atoms. The molecule has 116 valence electrons. The van der Waals surface area contributed by atoms with Crippen molar-refractivity contribution in [2.45, 2.75) is 11.8 Å². The SMILES string of the molecule is Cc1ccc(NS(=O)(=O)c2ccc(F)cc2F)cc1[N+](=O)[O-]. The van der Waals surface area contributed by atoms with E-state index in [1.807, 2.05) is 4.72 Å². The fourth-order valence-corrected chi connectivity index (χ4v) is 2.88. The maximum Gasteiger partial charge on any atom is 0.274 e. The van der Waals surface area contributed by atoms with Crippen LogP contribution in [0.2, 0.25) is 0 Å². The van der Waals surface area contributed by atoms with Crippen molar-refractivity contribution in [3.05, 3.63) is 63.7 Å². The third-order valence-electron chi connectivity index (χ3n) is 2.84. The molecule has 0 aliphatic carbocycles. The van der Waals surface area contributed by atoms with Crippen LogP contribution in [0.4, 0.5) is 20.2 Å². The molecule has 0 spiro atoms. The number of nitro groups is 1. The van der Waals surface area contributed by atoms with Crippen molar-refractivity contribution in [3.8, 4) is 0 Å². The van der Waals surface area contributed by atoms with E-state index >= 15 is 0 Å². The Kier molecular flexibility index (Phi) is 4.09. The number of nitro benzene ring substituents is 1. The molecule has 22 heavy (non-hydrogen) atoms. The number of anilines is 1. The minimum atomic E-state index is -4.33. The molecule has 6 nitrogen and oxygen atoms in total. The highest BCUT2D eigenvalue weighted by atomic mass is 32.2. The van der Waals surface area contributed by atoms with Gasteiger partial charge in [0.15, 0.2) is 0 Å². The molecule has 0 aliphatic heterocycles. The predicted octanol–water partition coefficient (Wildman–Crippen LogP) is 2.98. The highest BCUT2D eigenvalue weighted by molar-refractivity contribution is 7.92. The zero-order valence-corrected chi connectivity index (χ0v) is 12.0. The summed E-state index contributed by atoms with van der Waals surface area (Å²) in [6, 6.07) is 5.70. The summed E-state index contributed by atoms with van der Waals surface area (Å²) in [4.78, 5) is 9.41. The molecular formula is C13H10F2N2O4S. The topological polar surface area (TPSA) is 89.3 Å².